The molecular weight excluding hydrogens is 341 g/mol. The molecule has 0 bridgehead atoms. The predicted molar refractivity (Wildman–Crippen MR) is 96.1 cm³/mol. The van der Waals surface area contributed by atoms with Gasteiger partial charge in [-0.05, 0) is 43.2 Å². The number of aromatic nitrogens is 2. The molecule has 7 heteroatoms. The normalized spacial score (nSPS) is 11.9. The molecule has 1 heterocycles. The third kappa shape index (κ3) is 4.43. The van der Waals surface area contributed by atoms with Gasteiger partial charge in [0.1, 0.15) is 11.6 Å². The highest BCUT2D eigenvalue weighted by Gasteiger charge is 2.11. The van der Waals surface area contributed by atoms with Crippen LogP contribution >= 0.6 is 0 Å². The van der Waals surface area contributed by atoms with E-state index in [1.165, 1.54) is 24.3 Å². The number of hydrogen-bond donors (Lipinski definition) is 1. The van der Waals surface area contributed by atoms with Gasteiger partial charge in [0.05, 0.1) is 16.8 Å². The molecule has 2 aromatic carbocycles. The predicted octanol–water partition coefficient (Wildman–Crippen LogP) is 2.99. The van der Waals surface area contributed by atoms with Crippen molar-refractivity contribution in [1.29, 1.82) is 0 Å². The van der Waals surface area contributed by atoms with Crippen molar-refractivity contribution in [2.24, 2.45) is 0 Å². The van der Waals surface area contributed by atoms with Gasteiger partial charge in [-0.25, -0.2) is 22.5 Å². The number of aryl methyl sites for hydroxylation is 2. The van der Waals surface area contributed by atoms with Crippen LogP contribution in [0.5, 0.6) is 0 Å². The summed E-state index contributed by atoms with van der Waals surface area (Å²) in [6, 6.07) is 13.4. The Balaban J connectivity index is 1.55. The molecule has 1 aromatic heterocycles. The summed E-state index contributed by atoms with van der Waals surface area (Å²) >= 11 is 0. The number of rotatable bonds is 7. The second-order valence-corrected chi connectivity index (χ2v) is 7.74. The average molecular weight is 361 g/mol. The van der Waals surface area contributed by atoms with E-state index in [4.69, 9.17) is 0 Å². The molecule has 25 heavy (non-hydrogen) atoms. The quantitative estimate of drug-likeness (QED) is 0.658. The Labute approximate surface area is 146 Å². The minimum absolute atomic E-state index is 0.152. The van der Waals surface area contributed by atoms with Crippen molar-refractivity contribution in [1.82, 2.24) is 14.3 Å². The van der Waals surface area contributed by atoms with Gasteiger partial charge in [0, 0.05) is 13.1 Å². The van der Waals surface area contributed by atoms with Gasteiger partial charge >= 0.3 is 0 Å². The molecular formula is C18H20FN3O2S. The number of sulfonamides is 1. The monoisotopic (exact) mass is 361 g/mol. The van der Waals surface area contributed by atoms with Gasteiger partial charge in [-0.3, -0.25) is 0 Å². The molecule has 0 amide bonds. The summed E-state index contributed by atoms with van der Waals surface area (Å²) in [6.45, 7) is 2.97. The van der Waals surface area contributed by atoms with Crippen LogP contribution in [0.3, 0.4) is 0 Å². The minimum Gasteiger partial charge on any atom is -0.328 e. The van der Waals surface area contributed by atoms with Crippen LogP contribution in [0.4, 0.5) is 4.39 Å². The number of halogens is 1. The van der Waals surface area contributed by atoms with Crippen molar-refractivity contribution in [2.45, 2.75) is 25.6 Å². The molecule has 0 aliphatic carbocycles. The minimum atomic E-state index is -3.44. The van der Waals surface area contributed by atoms with Crippen LogP contribution in [0.15, 0.2) is 48.5 Å². The summed E-state index contributed by atoms with van der Waals surface area (Å²) in [6.07, 6.45) is 0.657. The topological polar surface area (TPSA) is 64.0 Å². The first kappa shape index (κ1) is 17.6. The van der Waals surface area contributed by atoms with E-state index < -0.39 is 10.0 Å². The highest BCUT2D eigenvalue weighted by Crippen LogP contribution is 2.15. The molecule has 0 saturated heterocycles. The molecule has 5 nitrogen and oxygen atoms in total. The molecule has 1 N–H and O–H groups in total. The van der Waals surface area contributed by atoms with Gasteiger partial charge in [0.15, 0.2) is 0 Å². The van der Waals surface area contributed by atoms with E-state index in [-0.39, 0.29) is 11.6 Å². The summed E-state index contributed by atoms with van der Waals surface area (Å²) in [4.78, 5) is 4.50. The van der Waals surface area contributed by atoms with Crippen LogP contribution in [-0.2, 0) is 22.3 Å². The Bertz CT molecular complexity index is 966. The van der Waals surface area contributed by atoms with Gasteiger partial charge in [0.2, 0.25) is 10.0 Å². The Kier molecular flexibility index (Phi) is 5.15. The summed E-state index contributed by atoms with van der Waals surface area (Å²) in [7, 11) is -3.44. The van der Waals surface area contributed by atoms with Crippen LogP contribution in [0, 0.1) is 12.7 Å². The van der Waals surface area contributed by atoms with E-state index in [9.17, 15) is 12.8 Å². The largest absolute Gasteiger partial charge is 0.328 e. The molecule has 3 aromatic rings. The van der Waals surface area contributed by atoms with Gasteiger partial charge in [0.25, 0.3) is 0 Å². The standard InChI is InChI=1S/C18H20FN3O2S/c1-14-21-17-5-2-3-6-18(17)22(14)12-4-11-20-25(23,24)13-15-7-9-16(19)10-8-15/h2-3,5-10,20H,4,11-13H2,1H3. The van der Waals surface area contributed by atoms with Crippen molar-refractivity contribution >= 4 is 21.1 Å². The maximum absolute atomic E-state index is 12.9. The van der Waals surface area contributed by atoms with Crippen molar-refractivity contribution in [3.63, 3.8) is 0 Å². The van der Waals surface area contributed by atoms with Crippen LogP contribution in [0.2, 0.25) is 0 Å². The van der Waals surface area contributed by atoms with Crippen molar-refractivity contribution < 1.29 is 12.8 Å². The number of nitrogens with one attached hydrogen (secondary N) is 1. The molecule has 3 rings (SSSR count). The first-order valence-corrected chi connectivity index (χ1v) is 9.73. The highest BCUT2D eigenvalue weighted by molar-refractivity contribution is 7.88. The van der Waals surface area contributed by atoms with Crippen molar-refractivity contribution in [3.8, 4) is 0 Å². The first-order valence-electron chi connectivity index (χ1n) is 8.08. The fraction of sp³-hybridized carbons (Fsp3) is 0.278. The van der Waals surface area contributed by atoms with Crippen LogP contribution in [0.25, 0.3) is 11.0 Å². The number of nitrogens with zero attached hydrogens (tertiary/aromatic N) is 2. The van der Waals surface area contributed by atoms with E-state index in [0.717, 1.165) is 16.9 Å². The summed E-state index contributed by atoms with van der Waals surface area (Å²) in [5.74, 6) is 0.382. The van der Waals surface area contributed by atoms with Crippen molar-refractivity contribution in [2.75, 3.05) is 6.54 Å². The number of imidazole rings is 1. The van der Waals surface area contributed by atoms with E-state index in [1.54, 1.807) is 0 Å². The van der Waals surface area contributed by atoms with E-state index in [1.807, 2.05) is 31.2 Å². The van der Waals surface area contributed by atoms with Gasteiger partial charge in [-0.15, -0.1) is 0 Å². The van der Waals surface area contributed by atoms with E-state index >= 15 is 0 Å². The zero-order valence-electron chi connectivity index (χ0n) is 13.9. The second kappa shape index (κ2) is 7.33. The Morgan fingerprint density at radius 1 is 1.12 bits per heavy atom. The third-order valence-corrected chi connectivity index (χ3v) is 5.35. The molecule has 0 unspecified atom stereocenters. The maximum Gasteiger partial charge on any atom is 0.215 e. The summed E-state index contributed by atoms with van der Waals surface area (Å²) in [5.41, 5.74) is 2.55. The first-order chi connectivity index (χ1) is 11.9. The zero-order chi connectivity index (χ0) is 17.9. The molecule has 0 aliphatic heterocycles. The van der Waals surface area contributed by atoms with Crippen molar-refractivity contribution in [3.05, 3.63) is 65.7 Å². The third-order valence-electron chi connectivity index (χ3n) is 4.00. The lowest BCUT2D eigenvalue weighted by Gasteiger charge is -2.09. The second-order valence-electron chi connectivity index (χ2n) is 5.93. The number of hydrogen-bond acceptors (Lipinski definition) is 3. The smallest absolute Gasteiger partial charge is 0.215 e. The summed E-state index contributed by atoms with van der Waals surface area (Å²) < 4.78 is 41.8. The average Bonchev–Trinajstić information content (AvgIpc) is 2.89. The molecule has 0 radical (unpaired) electrons. The Morgan fingerprint density at radius 3 is 2.60 bits per heavy atom. The van der Waals surface area contributed by atoms with Gasteiger partial charge in [-0.1, -0.05) is 24.3 Å². The Morgan fingerprint density at radius 2 is 1.84 bits per heavy atom. The lowest BCUT2D eigenvalue weighted by atomic mass is 10.2. The van der Waals surface area contributed by atoms with Gasteiger partial charge < -0.3 is 4.57 Å². The molecule has 0 saturated carbocycles. The zero-order valence-corrected chi connectivity index (χ0v) is 14.8. The van der Waals surface area contributed by atoms with E-state index in [0.29, 0.717) is 25.1 Å². The summed E-state index contributed by atoms with van der Waals surface area (Å²) in [5, 5.41) is 0. The molecule has 0 fully saturated rings. The lowest BCUT2D eigenvalue weighted by Crippen LogP contribution is -2.27. The number of para-hydroxylation sites is 2. The fourth-order valence-electron chi connectivity index (χ4n) is 2.79. The number of fused-ring (bicyclic) bond motifs is 1. The van der Waals surface area contributed by atoms with E-state index in [2.05, 4.69) is 14.3 Å². The maximum atomic E-state index is 12.9. The Hall–Kier alpha value is -2.25. The molecule has 0 atom stereocenters. The highest BCUT2D eigenvalue weighted by atomic mass is 32.2. The lowest BCUT2D eigenvalue weighted by molar-refractivity contribution is 0.569. The molecule has 132 valence electrons. The van der Waals surface area contributed by atoms with Crippen LogP contribution in [0.1, 0.15) is 17.8 Å². The SMILES string of the molecule is Cc1nc2ccccc2n1CCCNS(=O)(=O)Cc1ccc(F)cc1. The van der Waals surface area contributed by atoms with Crippen LogP contribution < -0.4 is 4.72 Å². The molecule has 0 aliphatic rings. The van der Waals surface area contributed by atoms with Gasteiger partial charge in [-0.2, -0.15) is 0 Å². The number of benzene rings is 2. The molecule has 0 spiro atoms. The fourth-order valence-corrected chi connectivity index (χ4v) is 3.98. The van der Waals surface area contributed by atoms with Crippen LogP contribution in [-0.4, -0.2) is 24.5 Å².